The molecule has 0 unspecified atom stereocenters. The first-order valence-corrected chi connectivity index (χ1v) is 11.2. The molecule has 29 heavy (non-hydrogen) atoms. The largest absolute Gasteiger partial charge is 0.347 e. The lowest BCUT2D eigenvalue weighted by Crippen LogP contribution is -2.36. The van der Waals surface area contributed by atoms with E-state index in [1.165, 1.54) is 30.5 Å². The van der Waals surface area contributed by atoms with E-state index in [2.05, 4.69) is 35.4 Å². The van der Waals surface area contributed by atoms with Crippen molar-refractivity contribution in [1.29, 1.82) is 0 Å². The maximum Gasteiger partial charge on any atom is 0.278 e. The Bertz CT molecular complexity index is 1100. The molecular weight excluding hydrogens is 389 g/mol. The highest BCUT2D eigenvalue weighted by Gasteiger charge is 2.15. The minimum absolute atomic E-state index is 0.256. The molecule has 3 rings (SSSR count). The van der Waals surface area contributed by atoms with Gasteiger partial charge in [-0.15, -0.1) is 0 Å². The quantitative estimate of drug-likeness (QED) is 0.601. The Morgan fingerprint density at radius 1 is 1.10 bits per heavy atom. The van der Waals surface area contributed by atoms with Crippen LogP contribution in [0.5, 0.6) is 0 Å². The van der Waals surface area contributed by atoms with Crippen LogP contribution in [0.4, 0.5) is 4.39 Å². The monoisotopic (exact) mass is 417 g/mol. The fourth-order valence-corrected chi connectivity index (χ4v) is 4.02. The van der Waals surface area contributed by atoms with Crippen LogP contribution in [0, 0.1) is 11.7 Å². The Morgan fingerprint density at radius 2 is 1.83 bits per heavy atom. The van der Waals surface area contributed by atoms with Crippen LogP contribution >= 0.6 is 0 Å². The molecule has 0 radical (unpaired) electrons. The minimum atomic E-state index is -3.44. The number of fused-ring (bicyclic) bond motifs is 1. The Balaban J connectivity index is 1.95. The highest BCUT2D eigenvalue weighted by atomic mass is 32.2. The van der Waals surface area contributed by atoms with Crippen LogP contribution in [0.25, 0.3) is 22.0 Å². The summed E-state index contributed by atoms with van der Waals surface area (Å²) in [4.78, 5) is 0. The molecule has 2 aromatic carbocycles. The van der Waals surface area contributed by atoms with E-state index in [9.17, 15) is 12.8 Å². The molecule has 0 saturated heterocycles. The van der Waals surface area contributed by atoms with E-state index >= 15 is 0 Å². The summed E-state index contributed by atoms with van der Waals surface area (Å²) in [6.07, 6.45) is 2.69. The molecule has 0 amide bonds. The summed E-state index contributed by atoms with van der Waals surface area (Å²) in [5.41, 5.74) is 3.96. The molecule has 0 aliphatic heterocycles. The second kappa shape index (κ2) is 8.65. The third-order valence-corrected chi connectivity index (χ3v) is 6.37. The normalized spacial score (nSPS) is 12.4. The summed E-state index contributed by atoms with van der Waals surface area (Å²) >= 11 is 0. The molecule has 7 heteroatoms. The first-order chi connectivity index (χ1) is 13.7. The number of hydrogen-bond acceptors (Lipinski definition) is 2. The molecule has 5 nitrogen and oxygen atoms in total. The number of halogens is 1. The SMILES string of the molecule is CC(C)Cn1cc(CCNS(=O)(=O)N(C)C)c2ccc(-c3cccc(F)c3)cc21. The summed E-state index contributed by atoms with van der Waals surface area (Å²) < 4.78 is 43.5. The van der Waals surface area contributed by atoms with Crippen molar-refractivity contribution >= 4 is 21.1 Å². The second-order valence-electron chi connectivity index (χ2n) is 7.87. The van der Waals surface area contributed by atoms with Crippen LogP contribution < -0.4 is 4.72 Å². The maximum atomic E-state index is 13.6. The van der Waals surface area contributed by atoms with Gasteiger partial charge >= 0.3 is 0 Å². The van der Waals surface area contributed by atoms with Gasteiger partial charge in [0.05, 0.1) is 0 Å². The summed E-state index contributed by atoms with van der Waals surface area (Å²) in [5.74, 6) is 0.206. The number of aromatic nitrogens is 1. The molecule has 0 aliphatic carbocycles. The summed E-state index contributed by atoms with van der Waals surface area (Å²) in [7, 11) is -0.430. The van der Waals surface area contributed by atoms with E-state index in [0.29, 0.717) is 18.9 Å². The van der Waals surface area contributed by atoms with Crippen LogP contribution in [0.2, 0.25) is 0 Å². The van der Waals surface area contributed by atoms with E-state index < -0.39 is 10.2 Å². The molecule has 0 aliphatic rings. The first kappa shape index (κ1) is 21.5. The minimum Gasteiger partial charge on any atom is -0.347 e. The standard InChI is InChI=1S/C22H28FN3O2S/c1-16(2)14-26-15-19(10-11-24-29(27,28)25(3)4)21-9-8-18(13-22(21)26)17-6-5-7-20(23)12-17/h5-9,12-13,15-16,24H,10-11,14H2,1-4H3. The van der Waals surface area contributed by atoms with Gasteiger partial charge in [0.25, 0.3) is 10.2 Å². The third-order valence-electron chi connectivity index (χ3n) is 4.84. The van der Waals surface area contributed by atoms with Crippen LogP contribution in [0.3, 0.4) is 0 Å². The van der Waals surface area contributed by atoms with Gasteiger partial charge in [0.1, 0.15) is 5.82 Å². The Kier molecular flexibility index (Phi) is 6.41. The maximum absolute atomic E-state index is 13.6. The van der Waals surface area contributed by atoms with Gasteiger partial charge in [-0.05, 0) is 47.2 Å². The molecule has 0 bridgehead atoms. The zero-order valence-electron chi connectivity index (χ0n) is 17.3. The van der Waals surface area contributed by atoms with Crippen molar-refractivity contribution in [3.05, 3.63) is 60.0 Å². The van der Waals surface area contributed by atoms with Gasteiger partial charge in [-0.1, -0.05) is 38.1 Å². The second-order valence-corrected chi connectivity index (χ2v) is 9.84. The van der Waals surface area contributed by atoms with Gasteiger partial charge in [-0.3, -0.25) is 0 Å². The van der Waals surface area contributed by atoms with Gasteiger partial charge in [0.15, 0.2) is 0 Å². The lowest BCUT2D eigenvalue weighted by atomic mass is 10.0. The third kappa shape index (κ3) is 5.04. The van der Waals surface area contributed by atoms with Crippen LogP contribution in [0.1, 0.15) is 19.4 Å². The summed E-state index contributed by atoms with van der Waals surface area (Å²) in [6.45, 7) is 5.50. The fraction of sp³-hybridized carbons (Fsp3) is 0.364. The predicted octanol–water partition coefficient (Wildman–Crippen LogP) is 4.04. The average molecular weight is 418 g/mol. The van der Waals surface area contributed by atoms with Crippen LogP contribution in [-0.2, 0) is 23.2 Å². The molecule has 1 N–H and O–H groups in total. The zero-order chi connectivity index (χ0) is 21.2. The van der Waals surface area contributed by atoms with Crippen molar-refractivity contribution in [1.82, 2.24) is 13.6 Å². The molecular formula is C22H28FN3O2S. The average Bonchev–Trinajstić information content (AvgIpc) is 2.98. The smallest absolute Gasteiger partial charge is 0.278 e. The highest BCUT2D eigenvalue weighted by Crippen LogP contribution is 2.29. The first-order valence-electron chi connectivity index (χ1n) is 9.72. The highest BCUT2D eigenvalue weighted by molar-refractivity contribution is 7.87. The fourth-order valence-electron chi connectivity index (χ4n) is 3.40. The molecule has 0 spiro atoms. The molecule has 1 aromatic heterocycles. The van der Waals surface area contributed by atoms with E-state index in [0.717, 1.165) is 34.1 Å². The van der Waals surface area contributed by atoms with E-state index in [-0.39, 0.29) is 5.82 Å². The van der Waals surface area contributed by atoms with Crippen molar-refractivity contribution in [2.75, 3.05) is 20.6 Å². The lowest BCUT2D eigenvalue weighted by molar-refractivity contribution is 0.506. The zero-order valence-corrected chi connectivity index (χ0v) is 18.1. The number of nitrogens with zero attached hydrogens (tertiary/aromatic N) is 2. The number of benzene rings is 2. The molecule has 156 valence electrons. The van der Waals surface area contributed by atoms with Gasteiger partial charge in [-0.2, -0.15) is 12.7 Å². The predicted molar refractivity (Wildman–Crippen MR) is 116 cm³/mol. The van der Waals surface area contributed by atoms with Gasteiger partial charge < -0.3 is 4.57 Å². The Hall–Kier alpha value is -2.22. The molecule has 1 heterocycles. The van der Waals surface area contributed by atoms with Crippen molar-refractivity contribution in [2.24, 2.45) is 5.92 Å². The topological polar surface area (TPSA) is 54.3 Å². The number of rotatable bonds is 8. The van der Waals surface area contributed by atoms with E-state index in [1.807, 2.05) is 18.2 Å². The Morgan fingerprint density at radius 3 is 2.48 bits per heavy atom. The van der Waals surface area contributed by atoms with Crippen molar-refractivity contribution in [3.63, 3.8) is 0 Å². The molecule has 0 atom stereocenters. The lowest BCUT2D eigenvalue weighted by Gasteiger charge is -2.11. The van der Waals surface area contributed by atoms with Crippen molar-refractivity contribution in [3.8, 4) is 11.1 Å². The molecule has 0 fully saturated rings. The molecule has 3 aromatic rings. The summed E-state index contributed by atoms with van der Waals surface area (Å²) in [6, 6.07) is 12.7. The number of hydrogen-bond donors (Lipinski definition) is 1. The summed E-state index contributed by atoms with van der Waals surface area (Å²) in [5, 5.41) is 1.09. The Labute approximate surface area is 172 Å². The molecule has 0 saturated carbocycles. The van der Waals surface area contributed by atoms with E-state index in [4.69, 9.17) is 0 Å². The number of nitrogens with one attached hydrogen (secondary N) is 1. The van der Waals surface area contributed by atoms with Crippen LogP contribution in [0.15, 0.2) is 48.7 Å². The van der Waals surface area contributed by atoms with Crippen molar-refractivity contribution in [2.45, 2.75) is 26.8 Å². The van der Waals surface area contributed by atoms with Crippen molar-refractivity contribution < 1.29 is 12.8 Å². The van der Waals surface area contributed by atoms with Gasteiger partial charge in [0, 0.05) is 44.3 Å². The van der Waals surface area contributed by atoms with Crippen LogP contribution in [-0.4, -0.2) is 37.9 Å². The van der Waals surface area contributed by atoms with Gasteiger partial charge in [-0.25, -0.2) is 9.11 Å². The van der Waals surface area contributed by atoms with Gasteiger partial charge in [0.2, 0.25) is 0 Å². The van der Waals surface area contributed by atoms with E-state index in [1.54, 1.807) is 6.07 Å².